The van der Waals surface area contributed by atoms with Gasteiger partial charge in [0.2, 0.25) is 11.9 Å². The highest BCUT2D eigenvalue weighted by molar-refractivity contribution is 5.91. The molecule has 3 N–H and O–H groups in total. The van der Waals surface area contributed by atoms with Gasteiger partial charge in [0, 0.05) is 6.20 Å². The van der Waals surface area contributed by atoms with Crippen LogP contribution in [0.15, 0.2) is 42.6 Å². The minimum Gasteiger partial charge on any atom is -0.495 e. The molecule has 3 aromatic rings. The second-order valence-corrected chi connectivity index (χ2v) is 4.92. The quantitative estimate of drug-likeness (QED) is 0.675. The maximum Gasteiger partial charge on any atom is 0.337 e. The molecule has 0 saturated heterocycles. The number of rotatable bonds is 5. The Morgan fingerprint density at radius 2 is 2.08 bits per heavy atom. The number of nitrogens with one attached hydrogen (secondary N) is 1. The number of pyridine rings is 1. The SMILES string of the molecule is COC(=O)c1ccc(OC)c(Nc2nc(N)n(-c3ccccn3)n2)c1. The second kappa shape index (κ2) is 6.87. The number of hydrogen-bond donors (Lipinski definition) is 2. The van der Waals surface area contributed by atoms with E-state index in [9.17, 15) is 4.79 Å². The van der Waals surface area contributed by atoms with Gasteiger partial charge < -0.3 is 20.5 Å². The van der Waals surface area contributed by atoms with Crippen LogP contribution in [-0.2, 0) is 4.74 Å². The summed E-state index contributed by atoms with van der Waals surface area (Å²) in [7, 11) is 2.84. The van der Waals surface area contributed by atoms with Crippen LogP contribution in [0.5, 0.6) is 5.75 Å². The zero-order chi connectivity index (χ0) is 17.8. The number of nitrogens with zero attached hydrogens (tertiary/aromatic N) is 4. The van der Waals surface area contributed by atoms with Crippen LogP contribution >= 0.6 is 0 Å². The first-order valence-corrected chi connectivity index (χ1v) is 7.29. The van der Waals surface area contributed by atoms with E-state index in [-0.39, 0.29) is 11.9 Å². The summed E-state index contributed by atoms with van der Waals surface area (Å²) in [6.07, 6.45) is 1.63. The third-order valence-corrected chi connectivity index (χ3v) is 3.37. The molecule has 0 bridgehead atoms. The first-order chi connectivity index (χ1) is 12.1. The molecular formula is C16H16N6O3. The van der Waals surface area contributed by atoms with Gasteiger partial charge in [0.25, 0.3) is 0 Å². The summed E-state index contributed by atoms with van der Waals surface area (Å²) in [6.45, 7) is 0. The van der Waals surface area contributed by atoms with Gasteiger partial charge in [-0.05, 0) is 30.3 Å². The molecule has 0 unspecified atom stereocenters. The standard InChI is InChI=1S/C16H16N6O3/c1-24-12-7-6-10(14(23)25-2)9-11(12)19-16-20-15(17)22(21-16)13-5-3-4-8-18-13/h3-9H,1-2H3,(H3,17,19,20,21). The van der Waals surface area contributed by atoms with Crippen LogP contribution in [0.2, 0.25) is 0 Å². The minimum absolute atomic E-state index is 0.171. The number of nitrogens with two attached hydrogens (primary N) is 1. The Hall–Kier alpha value is -3.62. The number of nitrogen functional groups attached to an aromatic ring is 1. The van der Waals surface area contributed by atoms with Gasteiger partial charge in [-0.15, -0.1) is 5.10 Å². The highest BCUT2D eigenvalue weighted by atomic mass is 16.5. The molecule has 0 spiro atoms. The zero-order valence-corrected chi connectivity index (χ0v) is 13.6. The Balaban J connectivity index is 1.93. The van der Waals surface area contributed by atoms with Crippen LogP contribution in [-0.4, -0.2) is 39.9 Å². The van der Waals surface area contributed by atoms with Crippen molar-refractivity contribution in [2.75, 3.05) is 25.3 Å². The Kier molecular flexibility index (Phi) is 4.46. The van der Waals surface area contributed by atoms with Gasteiger partial charge in [0.05, 0.1) is 25.5 Å². The summed E-state index contributed by atoms with van der Waals surface area (Å²) < 4.78 is 11.4. The minimum atomic E-state index is -0.461. The Morgan fingerprint density at radius 1 is 1.24 bits per heavy atom. The number of hydrogen-bond acceptors (Lipinski definition) is 8. The van der Waals surface area contributed by atoms with Crippen molar-refractivity contribution >= 4 is 23.6 Å². The summed E-state index contributed by atoms with van der Waals surface area (Å²) in [4.78, 5) is 20.0. The highest BCUT2D eigenvalue weighted by Gasteiger charge is 2.14. The van der Waals surface area contributed by atoms with Crippen molar-refractivity contribution in [3.8, 4) is 11.6 Å². The lowest BCUT2D eigenvalue weighted by molar-refractivity contribution is 0.0601. The number of carbonyl (C=O) groups is 1. The van der Waals surface area contributed by atoms with Gasteiger partial charge in [-0.25, -0.2) is 9.78 Å². The number of ether oxygens (including phenoxy) is 2. The molecule has 0 aliphatic carbocycles. The first kappa shape index (κ1) is 16.2. The topological polar surface area (TPSA) is 117 Å². The summed E-state index contributed by atoms with van der Waals surface area (Å²) in [5, 5.41) is 7.27. The van der Waals surface area contributed by atoms with Crippen LogP contribution in [0.1, 0.15) is 10.4 Å². The maximum atomic E-state index is 11.7. The molecule has 0 aliphatic rings. The fourth-order valence-electron chi connectivity index (χ4n) is 2.20. The van der Waals surface area contributed by atoms with Crippen molar-refractivity contribution in [2.24, 2.45) is 0 Å². The lowest BCUT2D eigenvalue weighted by Crippen LogP contribution is -2.04. The number of carbonyl (C=O) groups excluding carboxylic acids is 1. The van der Waals surface area contributed by atoms with Crippen molar-refractivity contribution in [1.29, 1.82) is 0 Å². The number of anilines is 3. The lowest BCUT2D eigenvalue weighted by atomic mass is 10.2. The lowest BCUT2D eigenvalue weighted by Gasteiger charge is -2.10. The molecule has 0 aliphatic heterocycles. The van der Waals surface area contributed by atoms with Crippen LogP contribution in [0.3, 0.4) is 0 Å². The fourth-order valence-corrected chi connectivity index (χ4v) is 2.20. The van der Waals surface area contributed by atoms with E-state index in [0.29, 0.717) is 22.8 Å². The van der Waals surface area contributed by atoms with Crippen molar-refractivity contribution in [2.45, 2.75) is 0 Å². The van der Waals surface area contributed by atoms with E-state index in [1.165, 1.54) is 18.9 Å². The van der Waals surface area contributed by atoms with Crippen LogP contribution in [0, 0.1) is 0 Å². The maximum absolute atomic E-state index is 11.7. The monoisotopic (exact) mass is 340 g/mol. The van der Waals surface area contributed by atoms with Crippen molar-refractivity contribution in [3.05, 3.63) is 48.2 Å². The molecule has 0 fully saturated rings. The van der Waals surface area contributed by atoms with Gasteiger partial charge >= 0.3 is 5.97 Å². The third-order valence-electron chi connectivity index (χ3n) is 3.37. The normalized spacial score (nSPS) is 10.3. The predicted molar refractivity (Wildman–Crippen MR) is 91.2 cm³/mol. The number of aromatic nitrogens is 4. The molecule has 128 valence electrons. The van der Waals surface area contributed by atoms with Crippen molar-refractivity contribution < 1.29 is 14.3 Å². The number of esters is 1. The van der Waals surface area contributed by atoms with Crippen LogP contribution in [0.25, 0.3) is 5.82 Å². The summed E-state index contributed by atoms with van der Waals surface area (Å²) in [6, 6.07) is 10.2. The Labute approximate surface area is 143 Å². The molecule has 0 amide bonds. The Morgan fingerprint density at radius 3 is 2.76 bits per heavy atom. The largest absolute Gasteiger partial charge is 0.495 e. The molecule has 9 nitrogen and oxygen atoms in total. The molecule has 0 saturated carbocycles. The fraction of sp³-hybridized carbons (Fsp3) is 0.125. The van der Waals surface area contributed by atoms with E-state index >= 15 is 0 Å². The molecule has 1 aromatic carbocycles. The van der Waals surface area contributed by atoms with Gasteiger partial charge in [0.1, 0.15) is 5.75 Å². The van der Waals surface area contributed by atoms with Crippen LogP contribution in [0.4, 0.5) is 17.6 Å². The van der Waals surface area contributed by atoms with E-state index in [1.54, 1.807) is 36.5 Å². The Bertz CT molecular complexity index is 894. The van der Waals surface area contributed by atoms with E-state index in [1.807, 2.05) is 6.07 Å². The van der Waals surface area contributed by atoms with E-state index in [0.717, 1.165) is 0 Å². The van der Waals surface area contributed by atoms with Gasteiger partial charge in [0.15, 0.2) is 5.82 Å². The molecule has 2 aromatic heterocycles. The average molecular weight is 340 g/mol. The van der Waals surface area contributed by atoms with E-state index < -0.39 is 5.97 Å². The molecule has 2 heterocycles. The van der Waals surface area contributed by atoms with Gasteiger partial charge in [-0.2, -0.15) is 9.67 Å². The highest BCUT2D eigenvalue weighted by Crippen LogP contribution is 2.28. The predicted octanol–water partition coefficient (Wildman–Crippen LogP) is 1.78. The summed E-state index contributed by atoms with van der Waals surface area (Å²) in [5.74, 6) is 1.00. The third kappa shape index (κ3) is 3.34. The second-order valence-electron chi connectivity index (χ2n) is 4.92. The molecule has 0 atom stereocenters. The number of methoxy groups -OCH3 is 2. The average Bonchev–Trinajstić information content (AvgIpc) is 3.02. The van der Waals surface area contributed by atoms with E-state index in [2.05, 4.69) is 20.4 Å². The first-order valence-electron chi connectivity index (χ1n) is 7.29. The smallest absolute Gasteiger partial charge is 0.337 e. The molecule has 25 heavy (non-hydrogen) atoms. The van der Waals surface area contributed by atoms with Crippen molar-refractivity contribution in [3.63, 3.8) is 0 Å². The molecular weight excluding hydrogens is 324 g/mol. The summed E-state index contributed by atoms with van der Waals surface area (Å²) >= 11 is 0. The van der Waals surface area contributed by atoms with E-state index in [4.69, 9.17) is 15.2 Å². The molecule has 9 heteroatoms. The summed E-state index contributed by atoms with van der Waals surface area (Å²) in [5.41, 5.74) is 6.77. The molecule has 0 radical (unpaired) electrons. The zero-order valence-electron chi connectivity index (χ0n) is 13.6. The van der Waals surface area contributed by atoms with Crippen molar-refractivity contribution in [1.82, 2.24) is 19.7 Å². The van der Waals surface area contributed by atoms with Gasteiger partial charge in [-0.1, -0.05) is 6.07 Å². The molecule has 3 rings (SSSR count). The number of benzene rings is 1. The van der Waals surface area contributed by atoms with Gasteiger partial charge in [-0.3, -0.25) is 0 Å². The van der Waals surface area contributed by atoms with Crippen LogP contribution < -0.4 is 15.8 Å².